The molecule has 0 bridgehead atoms. The molecule has 3 aromatic heterocycles. The molecule has 7 nitrogen and oxygen atoms in total. The van der Waals surface area contributed by atoms with E-state index in [1.165, 1.54) is 0 Å². The summed E-state index contributed by atoms with van der Waals surface area (Å²) in [6.07, 6.45) is 1.73. The molecule has 2 N–H and O–H groups in total. The summed E-state index contributed by atoms with van der Waals surface area (Å²) >= 11 is 0. The van der Waals surface area contributed by atoms with E-state index in [-0.39, 0.29) is 0 Å². The van der Waals surface area contributed by atoms with Crippen LogP contribution in [-0.4, -0.2) is 30.9 Å². The first-order valence-corrected chi connectivity index (χ1v) is 7.14. The van der Waals surface area contributed by atoms with Gasteiger partial charge in [0.2, 0.25) is 0 Å². The molecule has 3 heterocycles. The van der Waals surface area contributed by atoms with Crippen molar-refractivity contribution in [2.45, 2.75) is 6.92 Å². The molecule has 7 heteroatoms. The smallest absolute Gasteiger partial charge is 0.265 e. The zero-order valence-electron chi connectivity index (χ0n) is 12.4. The maximum atomic E-state index is 4.41. The summed E-state index contributed by atoms with van der Waals surface area (Å²) in [7, 11) is 0. The third-order valence-corrected chi connectivity index (χ3v) is 3.48. The standard InChI is InChI=1S/C16H13N7/c1-10(12-7-4-5-9-17-12)20-22-16-19-15-14(21-23-16)11-6-2-3-8-13(11)18-15/h2-9H,1H3,(H2,18,19,22,23)/b20-10-. The highest BCUT2D eigenvalue weighted by Crippen LogP contribution is 2.21. The lowest BCUT2D eigenvalue weighted by Crippen LogP contribution is -2.04. The van der Waals surface area contributed by atoms with Gasteiger partial charge in [0.25, 0.3) is 5.95 Å². The fourth-order valence-electron chi connectivity index (χ4n) is 2.34. The first kappa shape index (κ1) is 13.3. The van der Waals surface area contributed by atoms with Crippen LogP contribution >= 0.6 is 0 Å². The summed E-state index contributed by atoms with van der Waals surface area (Å²) < 4.78 is 0. The van der Waals surface area contributed by atoms with Gasteiger partial charge in [0.05, 0.1) is 11.4 Å². The zero-order chi connectivity index (χ0) is 15.6. The Labute approximate surface area is 131 Å². The highest BCUT2D eigenvalue weighted by Gasteiger charge is 2.08. The van der Waals surface area contributed by atoms with Crippen LogP contribution in [0, 0.1) is 0 Å². The summed E-state index contributed by atoms with van der Waals surface area (Å²) in [6, 6.07) is 13.6. The molecule has 23 heavy (non-hydrogen) atoms. The van der Waals surface area contributed by atoms with Crippen molar-refractivity contribution >= 4 is 33.7 Å². The lowest BCUT2D eigenvalue weighted by molar-refractivity contribution is 1.01. The summed E-state index contributed by atoms with van der Waals surface area (Å²) in [4.78, 5) is 11.9. The Morgan fingerprint density at radius 3 is 2.83 bits per heavy atom. The SMILES string of the molecule is C/C(=N/Nc1nnc2c(n1)[nH]c1ccccc12)c1ccccn1. The molecule has 0 amide bonds. The van der Waals surface area contributed by atoms with E-state index in [1.807, 2.05) is 49.4 Å². The van der Waals surface area contributed by atoms with Crippen molar-refractivity contribution in [3.63, 3.8) is 0 Å². The lowest BCUT2D eigenvalue weighted by Gasteiger charge is -2.01. The number of para-hydroxylation sites is 1. The average molecular weight is 303 g/mol. The van der Waals surface area contributed by atoms with Crippen LogP contribution in [-0.2, 0) is 0 Å². The monoisotopic (exact) mass is 303 g/mol. The van der Waals surface area contributed by atoms with E-state index >= 15 is 0 Å². The first-order chi connectivity index (χ1) is 11.3. The Morgan fingerprint density at radius 1 is 1.09 bits per heavy atom. The van der Waals surface area contributed by atoms with Crippen molar-refractivity contribution < 1.29 is 0 Å². The van der Waals surface area contributed by atoms with Crippen LogP contribution in [0.3, 0.4) is 0 Å². The summed E-state index contributed by atoms with van der Waals surface area (Å²) in [6.45, 7) is 1.87. The average Bonchev–Trinajstić information content (AvgIpc) is 2.98. The predicted molar refractivity (Wildman–Crippen MR) is 89.3 cm³/mol. The quantitative estimate of drug-likeness (QED) is 0.448. The van der Waals surface area contributed by atoms with Gasteiger partial charge >= 0.3 is 0 Å². The van der Waals surface area contributed by atoms with Crippen LogP contribution in [0.5, 0.6) is 0 Å². The van der Waals surface area contributed by atoms with E-state index < -0.39 is 0 Å². The maximum Gasteiger partial charge on any atom is 0.265 e. The first-order valence-electron chi connectivity index (χ1n) is 7.14. The summed E-state index contributed by atoms with van der Waals surface area (Å²) in [5.41, 5.74) is 6.76. The fourth-order valence-corrected chi connectivity index (χ4v) is 2.34. The largest absolute Gasteiger partial charge is 0.338 e. The number of hydrogen-bond acceptors (Lipinski definition) is 6. The Bertz CT molecular complexity index is 1000. The van der Waals surface area contributed by atoms with Crippen LogP contribution in [0.1, 0.15) is 12.6 Å². The number of fused-ring (bicyclic) bond motifs is 3. The Kier molecular flexibility index (Phi) is 3.16. The molecule has 0 radical (unpaired) electrons. The van der Waals surface area contributed by atoms with Gasteiger partial charge in [0.15, 0.2) is 5.65 Å². The maximum absolute atomic E-state index is 4.41. The van der Waals surface area contributed by atoms with Gasteiger partial charge < -0.3 is 4.98 Å². The van der Waals surface area contributed by atoms with Crippen molar-refractivity contribution in [1.82, 2.24) is 25.1 Å². The van der Waals surface area contributed by atoms with Gasteiger partial charge in [0, 0.05) is 17.1 Å². The van der Waals surface area contributed by atoms with Gasteiger partial charge in [-0.15, -0.1) is 10.2 Å². The van der Waals surface area contributed by atoms with Crippen LogP contribution in [0.25, 0.3) is 22.1 Å². The molecule has 0 saturated heterocycles. The molecule has 1 aromatic carbocycles. The number of rotatable bonds is 3. The molecular weight excluding hydrogens is 290 g/mol. The highest BCUT2D eigenvalue weighted by molar-refractivity contribution is 6.03. The summed E-state index contributed by atoms with van der Waals surface area (Å²) in [5, 5.41) is 13.6. The molecule has 0 aliphatic heterocycles. The molecule has 0 fully saturated rings. The number of pyridine rings is 1. The number of benzene rings is 1. The van der Waals surface area contributed by atoms with E-state index in [2.05, 4.69) is 35.7 Å². The highest BCUT2D eigenvalue weighted by atomic mass is 15.4. The van der Waals surface area contributed by atoms with Crippen molar-refractivity contribution in [2.24, 2.45) is 5.10 Å². The normalized spacial score (nSPS) is 12.0. The van der Waals surface area contributed by atoms with Crippen molar-refractivity contribution in [1.29, 1.82) is 0 Å². The minimum atomic E-state index is 0.333. The minimum Gasteiger partial charge on any atom is -0.338 e. The third-order valence-electron chi connectivity index (χ3n) is 3.48. The van der Waals surface area contributed by atoms with Crippen LogP contribution in [0.4, 0.5) is 5.95 Å². The second-order valence-corrected chi connectivity index (χ2v) is 5.03. The molecule has 0 unspecified atom stereocenters. The van der Waals surface area contributed by atoms with Gasteiger partial charge in [-0.25, -0.2) is 5.43 Å². The number of hydrazone groups is 1. The van der Waals surface area contributed by atoms with Crippen LogP contribution < -0.4 is 5.43 Å². The van der Waals surface area contributed by atoms with Crippen molar-refractivity contribution in [3.8, 4) is 0 Å². The zero-order valence-corrected chi connectivity index (χ0v) is 12.4. The third kappa shape index (κ3) is 2.48. The van der Waals surface area contributed by atoms with Crippen LogP contribution in [0.2, 0.25) is 0 Å². The summed E-state index contributed by atoms with van der Waals surface area (Å²) in [5.74, 6) is 0.333. The number of aromatic nitrogens is 5. The number of hydrogen-bond donors (Lipinski definition) is 2. The van der Waals surface area contributed by atoms with Crippen molar-refractivity contribution in [3.05, 3.63) is 54.4 Å². The van der Waals surface area contributed by atoms with Gasteiger partial charge in [-0.05, 0) is 25.1 Å². The molecule has 0 aliphatic carbocycles. The fraction of sp³-hybridized carbons (Fsp3) is 0.0625. The van der Waals surface area contributed by atoms with Gasteiger partial charge in [-0.2, -0.15) is 10.1 Å². The molecule has 112 valence electrons. The number of anilines is 1. The number of nitrogens with zero attached hydrogens (tertiary/aromatic N) is 5. The van der Waals surface area contributed by atoms with E-state index in [4.69, 9.17) is 0 Å². The molecule has 4 aromatic rings. The lowest BCUT2D eigenvalue weighted by atomic mass is 10.2. The predicted octanol–water partition coefficient (Wildman–Crippen LogP) is 2.74. The van der Waals surface area contributed by atoms with E-state index in [9.17, 15) is 0 Å². The minimum absolute atomic E-state index is 0.333. The van der Waals surface area contributed by atoms with Crippen molar-refractivity contribution in [2.75, 3.05) is 5.43 Å². The number of nitrogens with one attached hydrogen (secondary N) is 2. The molecule has 4 rings (SSSR count). The Balaban J connectivity index is 1.66. The van der Waals surface area contributed by atoms with Crippen LogP contribution in [0.15, 0.2) is 53.8 Å². The number of H-pyrrole nitrogens is 1. The van der Waals surface area contributed by atoms with Gasteiger partial charge in [-0.3, -0.25) is 4.98 Å². The van der Waals surface area contributed by atoms with Gasteiger partial charge in [0.1, 0.15) is 5.52 Å². The molecule has 0 atom stereocenters. The molecular formula is C16H13N7. The second-order valence-electron chi connectivity index (χ2n) is 5.03. The van der Waals surface area contributed by atoms with E-state index in [0.717, 1.165) is 27.8 Å². The molecule has 0 aliphatic rings. The van der Waals surface area contributed by atoms with E-state index in [1.54, 1.807) is 6.20 Å². The van der Waals surface area contributed by atoms with Gasteiger partial charge in [-0.1, -0.05) is 24.3 Å². The Morgan fingerprint density at radius 2 is 1.96 bits per heavy atom. The molecule has 0 spiro atoms. The topological polar surface area (TPSA) is 91.7 Å². The molecule has 0 saturated carbocycles. The van der Waals surface area contributed by atoms with E-state index in [0.29, 0.717) is 11.6 Å². The number of aromatic amines is 1. The second kappa shape index (κ2) is 5.45. The Hall–Kier alpha value is -3.35.